The molecule has 0 aliphatic heterocycles. The van der Waals surface area contributed by atoms with Crippen molar-refractivity contribution in [1.82, 2.24) is 4.57 Å². The summed E-state index contributed by atoms with van der Waals surface area (Å²) in [7, 11) is 0. The van der Waals surface area contributed by atoms with Crippen molar-refractivity contribution in [2.75, 3.05) is 0 Å². The maximum Gasteiger partial charge on any atom is 0.154 e. The molecule has 0 spiro atoms. The second kappa shape index (κ2) is 10.4. The molecular formula is C34H24N4. The largest absolute Gasteiger partial charge is 0.309 e. The third-order valence-electron chi connectivity index (χ3n) is 6.54. The average molecular weight is 489 g/mol. The Balaban J connectivity index is 1.38. The third kappa shape index (κ3) is 4.61. The first-order valence-electron chi connectivity index (χ1n) is 12.5. The van der Waals surface area contributed by atoms with Gasteiger partial charge in [-0.3, -0.25) is 4.99 Å². The first kappa shape index (κ1) is 23.1. The van der Waals surface area contributed by atoms with Crippen molar-refractivity contribution in [1.29, 1.82) is 5.26 Å². The molecule has 180 valence electrons. The van der Waals surface area contributed by atoms with Crippen LogP contribution in [0.15, 0.2) is 137 Å². The van der Waals surface area contributed by atoms with Crippen LogP contribution >= 0.6 is 0 Å². The highest BCUT2D eigenvalue weighted by molar-refractivity contribution is 6.09. The van der Waals surface area contributed by atoms with Gasteiger partial charge in [0.05, 0.1) is 29.2 Å². The Kier molecular flexibility index (Phi) is 6.32. The van der Waals surface area contributed by atoms with Gasteiger partial charge in [-0.05, 0) is 47.5 Å². The first-order chi connectivity index (χ1) is 18.8. The minimum atomic E-state index is 0.443. The van der Waals surface area contributed by atoms with Crippen LogP contribution in [-0.4, -0.2) is 16.6 Å². The fourth-order valence-corrected chi connectivity index (χ4v) is 4.78. The topological polar surface area (TPSA) is 53.4 Å². The van der Waals surface area contributed by atoms with Crippen molar-refractivity contribution < 1.29 is 0 Å². The number of rotatable bonds is 5. The zero-order valence-electron chi connectivity index (χ0n) is 20.7. The van der Waals surface area contributed by atoms with Crippen molar-refractivity contribution >= 4 is 33.9 Å². The number of benzene rings is 5. The highest BCUT2D eigenvalue weighted by Gasteiger charge is 2.11. The second-order valence-electron chi connectivity index (χ2n) is 9.04. The first-order valence-corrected chi connectivity index (χ1v) is 12.5. The van der Waals surface area contributed by atoms with E-state index in [-0.39, 0.29) is 0 Å². The zero-order valence-corrected chi connectivity index (χ0v) is 20.7. The quantitative estimate of drug-likeness (QED) is 0.181. The van der Waals surface area contributed by atoms with E-state index in [0.29, 0.717) is 17.9 Å². The van der Waals surface area contributed by atoms with E-state index < -0.39 is 0 Å². The van der Waals surface area contributed by atoms with Gasteiger partial charge in [0, 0.05) is 28.2 Å². The van der Waals surface area contributed by atoms with Crippen LogP contribution in [-0.2, 0) is 6.54 Å². The molecule has 1 heterocycles. The number of para-hydroxylation sites is 2. The van der Waals surface area contributed by atoms with E-state index in [4.69, 9.17) is 9.98 Å². The predicted octanol–water partition coefficient (Wildman–Crippen LogP) is 7.72. The van der Waals surface area contributed by atoms with Gasteiger partial charge in [0.25, 0.3) is 0 Å². The minimum Gasteiger partial charge on any atom is -0.309 e. The van der Waals surface area contributed by atoms with E-state index in [1.165, 1.54) is 21.8 Å². The average Bonchev–Trinajstić information content (AvgIpc) is 3.32. The molecule has 0 aliphatic carbocycles. The van der Waals surface area contributed by atoms with Gasteiger partial charge in [-0.25, -0.2) is 4.99 Å². The molecule has 0 unspecified atom stereocenters. The summed E-state index contributed by atoms with van der Waals surface area (Å²) < 4.78 is 2.30. The Morgan fingerprint density at radius 1 is 0.711 bits per heavy atom. The molecule has 0 radical (unpaired) electrons. The highest BCUT2D eigenvalue weighted by Crippen LogP contribution is 2.31. The monoisotopic (exact) mass is 488 g/mol. The van der Waals surface area contributed by atoms with Gasteiger partial charge in [-0.15, -0.1) is 0 Å². The van der Waals surface area contributed by atoms with Gasteiger partial charge in [0.15, 0.2) is 5.84 Å². The number of amidine groups is 1. The van der Waals surface area contributed by atoms with Crippen LogP contribution in [0.25, 0.3) is 27.5 Å². The Bertz CT molecular complexity index is 1800. The van der Waals surface area contributed by atoms with Crippen LogP contribution in [0, 0.1) is 11.3 Å². The van der Waals surface area contributed by atoms with Crippen LogP contribution in [0.4, 0.5) is 0 Å². The summed E-state index contributed by atoms with van der Waals surface area (Å²) in [6.45, 7) is 0.443. The summed E-state index contributed by atoms with van der Waals surface area (Å²) in [5, 5.41) is 11.7. The molecule has 4 nitrogen and oxygen atoms in total. The van der Waals surface area contributed by atoms with E-state index in [0.717, 1.165) is 22.4 Å². The molecule has 0 fully saturated rings. The normalized spacial score (nSPS) is 11.8. The van der Waals surface area contributed by atoms with Crippen LogP contribution in [0.5, 0.6) is 0 Å². The van der Waals surface area contributed by atoms with Crippen molar-refractivity contribution in [2.45, 2.75) is 6.54 Å². The Labute approximate surface area is 221 Å². The SMILES string of the molecule is N#Cc1cccc(C/N=C(\N=C\c2cccc(-n3c4ccccc4c4ccccc43)c2)c2ccccc2)c1. The van der Waals surface area contributed by atoms with Crippen molar-refractivity contribution in [3.63, 3.8) is 0 Å². The number of hydrogen-bond donors (Lipinski definition) is 0. The van der Waals surface area contributed by atoms with Gasteiger partial charge in [0.2, 0.25) is 0 Å². The van der Waals surface area contributed by atoms with Gasteiger partial charge < -0.3 is 4.57 Å². The molecule has 0 bridgehead atoms. The van der Waals surface area contributed by atoms with E-state index in [1.807, 2.05) is 54.7 Å². The van der Waals surface area contributed by atoms with Gasteiger partial charge in [0.1, 0.15) is 0 Å². The van der Waals surface area contributed by atoms with Crippen LogP contribution in [0.3, 0.4) is 0 Å². The maximum absolute atomic E-state index is 9.22. The fraction of sp³-hybridized carbons (Fsp3) is 0.0294. The van der Waals surface area contributed by atoms with Crippen LogP contribution < -0.4 is 0 Å². The molecule has 1 aromatic heterocycles. The summed E-state index contributed by atoms with van der Waals surface area (Å²) in [6.07, 6.45) is 1.87. The van der Waals surface area contributed by atoms with E-state index in [9.17, 15) is 5.26 Å². The molecule has 0 saturated carbocycles. The molecule has 38 heavy (non-hydrogen) atoms. The molecule has 0 atom stereocenters. The van der Waals surface area contributed by atoms with Crippen LogP contribution in [0.2, 0.25) is 0 Å². The van der Waals surface area contributed by atoms with E-state index in [2.05, 4.69) is 83.4 Å². The minimum absolute atomic E-state index is 0.443. The third-order valence-corrected chi connectivity index (χ3v) is 6.54. The standard InChI is InChI=1S/C34H24N4/c35-22-25-10-8-11-26(20-25)23-36-34(28-13-2-1-3-14-28)37-24-27-12-9-15-29(21-27)38-32-18-6-4-16-30(32)31-17-5-7-19-33(31)38/h1-21,24H,23H2/b36-34-,37-24+. The summed E-state index contributed by atoms with van der Waals surface area (Å²) >= 11 is 0. The number of nitrogens with zero attached hydrogens (tertiary/aromatic N) is 4. The summed E-state index contributed by atoms with van der Waals surface area (Å²) in [4.78, 5) is 9.63. The molecule has 0 amide bonds. The number of aromatic nitrogens is 1. The van der Waals surface area contributed by atoms with Gasteiger partial charge in [-0.1, -0.05) is 91.0 Å². The lowest BCUT2D eigenvalue weighted by Gasteiger charge is -2.09. The molecule has 5 aromatic carbocycles. The van der Waals surface area contributed by atoms with Gasteiger partial charge in [-0.2, -0.15) is 5.26 Å². The number of fused-ring (bicyclic) bond motifs is 3. The summed E-state index contributed by atoms with van der Waals surface area (Å²) in [6, 6.07) is 45.1. The lowest BCUT2D eigenvalue weighted by molar-refractivity contribution is 1.06. The molecule has 0 aliphatic rings. The lowest BCUT2D eigenvalue weighted by Crippen LogP contribution is -2.00. The van der Waals surface area contributed by atoms with Crippen LogP contribution in [0.1, 0.15) is 22.3 Å². The number of nitriles is 1. The zero-order chi connectivity index (χ0) is 25.7. The van der Waals surface area contributed by atoms with E-state index in [1.54, 1.807) is 6.07 Å². The molecular weight excluding hydrogens is 464 g/mol. The van der Waals surface area contributed by atoms with Crippen molar-refractivity contribution in [3.8, 4) is 11.8 Å². The van der Waals surface area contributed by atoms with Crippen molar-refractivity contribution in [2.24, 2.45) is 9.98 Å². The molecule has 4 heteroatoms. The highest BCUT2D eigenvalue weighted by atomic mass is 15.0. The number of aliphatic imine (C=N–C) groups is 2. The summed E-state index contributed by atoms with van der Waals surface area (Å²) in [5.74, 6) is 0.648. The molecule has 0 N–H and O–H groups in total. The fourth-order valence-electron chi connectivity index (χ4n) is 4.78. The van der Waals surface area contributed by atoms with Crippen molar-refractivity contribution in [3.05, 3.63) is 150 Å². The Morgan fingerprint density at radius 2 is 1.39 bits per heavy atom. The summed E-state index contributed by atoms with van der Waals surface area (Å²) in [5.41, 5.74) is 6.96. The van der Waals surface area contributed by atoms with E-state index >= 15 is 0 Å². The maximum atomic E-state index is 9.22. The molecule has 0 saturated heterocycles. The molecule has 6 rings (SSSR count). The van der Waals surface area contributed by atoms with Gasteiger partial charge >= 0.3 is 0 Å². The second-order valence-corrected chi connectivity index (χ2v) is 9.04. The Hall–Kier alpha value is -5.27. The lowest BCUT2D eigenvalue weighted by atomic mass is 10.1. The predicted molar refractivity (Wildman–Crippen MR) is 156 cm³/mol. The Morgan fingerprint density at radius 3 is 2.13 bits per heavy atom. The number of hydrogen-bond acceptors (Lipinski definition) is 2. The molecule has 6 aromatic rings. The smallest absolute Gasteiger partial charge is 0.154 e.